The van der Waals surface area contributed by atoms with Crippen molar-refractivity contribution in [2.75, 3.05) is 25.0 Å². The van der Waals surface area contributed by atoms with Crippen molar-refractivity contribution in [1.82, 2.24) is 4.90 Å². The van der Waals surface area contributed by atoms with E-state index in [1.807, 2.05) is 24.3 Å². The molecule has 1 amide bonds. The zero-order valence-corrected chi connectivity index (χ0v) is 10.6. The Labute approximate surface area is 111 Å². The summed E-state index contributed by atoms with van der Waals surface area (Å²) in [4.78, 5) is 13.7. The number of aliphatic hydroxyl groups is 2. The second kappa shape index (κ2) is 4.83. The van der Waals surface area contributed by atoms with Gasteiger partial charge in [0.15, 0.2) is 0 Å². The number of fused-ring (bicyclic) bond motifs is 1. The second-order valence-corrected chi connectivity index (χ2v) is 5.30. The highest BCUT2D eigenvalue weighted by Crippen LogP contribution is 2.33. The molecule has 0 bridgehead atoms. The quantitative estimate of drug-likeness (QED) is 0.709. The van der Waals surface area contributed by atoms with Crippen molar-refractivity contribution in [3.8, 4) is 0 Å². The average molecular weight is 262 g/mol. The molecule has 0 radical (unpaired) electrons. The lowest BCUT2D eigenvalue weighted by molar-refractivity contribution is -0.131. The lowest BCUT2D eigenvalue weighted by atomic mass is 9.97. The van der Waals surface area contributed by atoms with Crippen LogP contribution in [0.3, 0.4) is 0 Å². The van der Waals surface area contributed by atoms with Gasteiger partial charge in [0.05, 0.1) is 12.2 Å². The van der Waals surface area contributed by atoms with E-state index >= 15 is 0 Å². The van der Waals surface area contributed by atoms with Crippen molar-refractivity contribution in [2.45, 2.75) is 24.5 Å². The molecule has 102 valence electrons. The van der Waals surface area contributed by atoms with E-state index in [1.54, 1.807) is 4.90 Å². The van der Waals surface area contributed by atoms with E-state index in [-0.39, 0.29) is 24.9 Å². The fraction of sp³-hybridized carbons (Fsp3) is 0.500. The number of carbonyl (C=O) groups is 1. The fourth-order valence-electron chi connectivity index (χ4n) is 2.85. The number of amides is 1. The zero-order chi connectivity index (χ0) is 13.4. The summed E-state index contributed by atoms with van der Waals surface area (Å²) in [6.45, 7) is 1.24. The monoisotopic (exact) mass is 262 g/mol. The van der Waals surface area contributed by atoms with Gasteiger partial charge < -0.3 is 20.4 Å². The van der Waals surface area contributed by atoms with Gasteiger partial charge in [-0.25, -0.2) is 0 Å². The van der Waals surface area contributed by atoms with E-state index in [4.69, 9.17) is 0 Å². The molecule has 19 heavy (non-hydrogen) atoms. The minimum atomic E-state index is -0.807. The van der Waals surface area contributed by atoms with Crippen LogP contribution < -0.4 is 5.32 Å². The predicted octanol–water partition coefficient (Wildman–Crippen LogP) is 0.150. The Morgan fingerprint density at radius 3 is 2.68 bits per heavy atom. The topological polar surface area (TPSA) is 72.8 Å². The summed E-state index contributed by atoms with van der Waals surface area (Å²) in [5.41, 5.74) is 2.28. The maximum atomic E-state index is 12.2. The van der Waals surface area contributed by atoms with Crippen LogP contribution in [-0.4, -0.2) is 52.9 Å². The van der Waals surface area contributed by atoms with Crippen LogP contribution in [0, 0.1) is 0 Å². The molecule has 0 aliphatic carbocycles. The molecular weight excluding hydrogens is 244 g/mol. The number of aliphatic hydroxyl groups excluding tert-OH is 2. The standard InChI is InChI=1S/C14H18N2O3/c17-12-7-16(8-13(12)18)14(19)5-9-6-15-11-4-2-1-3-10(9)11/h1-4,9,12-13,15,17-18H,5-8H2/t9?,12-,13+. The third-order valence-corrected chi connectivity index (χ3v) is 3.97. The molecule has 5 heteroatoms. The van der Waals surface area contributed by atoms with E-state index in [9.17, 15) is 15.0 Å². The first-order chi connectivity index (χ1) is 9.15. The molecule has 3 atom stereocenters. The van der Waals surface area contributed by atoms with E-state index in [1.165, 1.54) is 5.56 Å². The molecule has 2 heterocycles. The predicted molar refractivity (Wildman–Crippen MR) is 70.9 cm³/mol. The fourth-order valence-corrected chi connectivity index (χ4v) is 2.85. The zero-order valence-electron chi connectivity index (χ0n) is 10.6. The van der Waals surface area contributed by atoms with Crippen molar-refractivity contribution < 1.29 is 15.0 Å². The highest BCUT2D eigenvalue weighted by molar-refractivity contribution is 5.78. The number of para-hydroxylation sites is 1. The minimum Gasteiger partial charge on any atom is -0.388 e. The Hall–Kier alpha value is -1.59. The van der Waals surface area contributed by atoms with Crippen LogP contribution in [0.1, 0.15) is 17.9 Å². The summed E-state index contributed by atoms with van der Waals surface area (Å²) in [5, 5.41) is 22.3. The smallest absolute Gasteiger partial charge is 0.223 e. The molecule has 3 rings (SSSR count). The molecular formula is C14H18N2O3. The lowest BCUT2D eigenvalue weighted by Gasteiger charge is -2.18. The molecule has 1 saturated heterocycles. The van der Waals surface area contributed by atoms with Crippen molar-refractivity contribution in [3.63, 3.8) is 0 Å². The number of nitrogens with zero attached hydrogens (tertiary/aromatic N) is 1. The summed E-state index contributed by atoms with van der Waals surface area (Å²) in [6.07, 6.45) is -1.19. The van der Waals surface area contributed by atoms with Gasteiger partial charge >= 0.3 is 0 Å². The van der Waals surface area contributed by atoms with Crippen LogP contribution in [0.4, 0.5) is 5.69 Å². The summed E-state index contributed by atoms with van der Waals surface area (Å²) < 4.78 is 0. The second-order valence-electron chi connectivity index (χ2n) is 5.30. The van der Waals surface area contributed by atoms with Gasteiger partial charge in [-0.05, 0) is 11.6 Å². The Balaban J connectivity index is 1.65. The van der Waals surface area contributed by atoms with Gasteiger partial charge in [0.1, 0.15) is 0 Å². The van der Waals surface area contributed by atoms with Crippen LogP contribution in [-0.2, 0) is 4.79 Å². The third kappa shape index (κ3) is 2.31. The lowest BCUT2D eigenvalue weighted by Crippen LogP contribution is -2.31. The van der Waals surface area contributed by atoms with Gasteiger partial charge in [-0.15, -0.1) is 0 Å². The van der Waals surface area contributed by atoms with Crippen molar-refractivity contribution in [2.24, 2.45) is 0 Å². The Kier molecular flexibility index (Phi) is 3.16. The summed E-state index contributed by atoms with van der Waals surface area (Å²) in [6, 6.07) is 8.01. The molecule has 0 saturated carbocycles. The highest BCUT2D eigenvalue weighted by Gasteiger charge is 2.34. The molecule has 2 aliphatic heterocycles. The number of likely N-dealkylation sites (tertiary alicyclic amines) is 1. The summed E-state index contributed by atoms with van der Waals surface area (Å²) in [5.74, 6) is 0.178. The molecule has 1 fully saturated rings. The molecule has 1 aromatic rings. The molecule has 0 spiro atoms. The SMILES string of the molecule is O=C(CC1CNc2ccccc21)N1C[C@@H](O)[C@@H](O)C1. The van der Waals surface area contributed by atoms with Crippen molar-refractivity contribution in [1.29, 1.82) is 0 Å². The summed E-state index contributed by atoms with van der Waals surface area (Å²) >= 11 is 0. The Morgan fingerprint density at radius 2 is 1.95 bits per heavy atom. The van der Waals surface area contributed by atoms with E-state index in [2.05, 4.69) is 5.32 Å². The highest BCUT2D eigenvalue weighted by atomic mass is 16.3. The molecule has 5 nitrogen and oxygen atoms in total. The van der Waals surface area contributed by atoms with Gasteiger partial charge in [0.2, 0.25) is 5.91 Å². The minimum absolute atomic E-state index is 0.000830. The maximum absolute atomic E-state index is 12.2. The van der Waals surface area contributed by atoms with E-state index in [0.717, 1.165) is 12.2 Å². The van der Waals surface area contributed by atoms with Crippen LogP contribution in [0.5, 0.6) is 0 Å². The maximum Gasteiger partial charge on any atom is 0.223 e. The Morgan fingerprint density at radius 1 is 1.26 bits per heavy atom. The largest absolute Gasteiger partial charge is 0.388 e. The van der Waals surface area contributed by atoms with Gasteiger partial charge in [-0.3, -0.25) is 4.79 Å². The number of carbonyl (C=O) groups excluding carboxylic acids is 1. The number of nitrogens with one attached hydrogen (secondary N) is 1. The summed E-state index contributed by atoms with van der Waals surface area (Å²) in [7, 11) is 0. The number of rotatable bonds is 2. The normalized spacial score (nSPS) is 29.2. The Bertz CT molecular complexity index is 481. The van der Waals surface area contributed by atoms with Crippen molar-refractivity contribution in [3.05, 3.63) is 29.8 Å². The average Bonchev–Trinajstić information content (AvgIpc) is 2.95. The number of benzene rings is 1. The molecule has 0 aromatic heterocycles. The number of hydrogen-bond acceptors (Lipinski definition) is 4. The first-order valence-electron chi connectivity index (χ1n) is 6.62. The first kappa shape index (κ1) is 12.4. The molecule has 1 unspecified atom stereocenters. The van der Waals surface area contributed by atoms with E-state index < -0.39 is 12.2 Å². The van der Waals surface area contributed by atoms with Crippen LogP contribution in [0.15, 0.2) is 24.3 Å². The number of anilines is 1. The van der Waals surface area contributed by atoms with Crippen molar-refractivity contribution >= 4 is 11.6 Å². The van der Waals surface area contributed by atoms with Gasteiger partial charge in [-0.1, -0.05) is 18.2 Å². The van der Waals surface area contributed by atoms with Gasteiger partial charge in [-0.2, -0.15) is 0 Å². The third-order valence-electron chi connectivity index (χ3n) is 3.97. The van der Waals surface area contributed by atoms with Crippen LogP contribution >= 0.6 is 0 Å². The number of β-amino-alcohol motifs (C(OH)–C–C–N with tert-alkyl or cyclic N) is 2. The van der Waals surface area contributed by atoms with Crippen LogP contribution in [0.2, 0.25) is 0 Å². The molecule has 3 N–H and O–H groups in total. The van der Waals surface area contributed by atoms with Gasteiger partial charge in [0, 0.05) is 37.7 Å². The van der Waals surface area contributed by atoms with Crippen LogP contribution in [0.25, 0.3) is 0 Å². The number of hydrogen-bond donors (Lipinski definition) is 3. The van der Waals surface area contributed by atoms with Gasteiger partial charge in [0.25, 0.3) is 0 Å². The molecule has 1 aromatic carbocycles. The molecule has 2 aliphatic rings. The first-order valence-corrected chi connectivity index (χ1v) is 6.62. The van der Waals surface area contributed by atoms with E-state index in [0.29, 0.717) is 6.42 Å².